The molecule has 0 aliphatic carbocycles. The molecule has 2 heterocycles. The smallest absolute Gasteiger partial charge is 0.277 e. The summed E-state index contributed by atoms with van der Waals surface area (Å²) in [5.74, 6) is 1.15. The number of anilines is 1. The molecule has 3 rings (SSSR count). The van der Waals surface area contributed by atoms with Gasteiger partial charge in [-0.2, -0.15) is 0 Å². The third-order valence-electron chi connectivity index (χ3n) is 3.28. The fraction of sp³-hybridized carbons (Fsp3) is 0.417. The van der Waals surface area contributed by atoms with Gasteiger partial charge in [-0.05, 0) is 37.1 Å². The molecule has 0 atom stereocenters. The Morgan fingerprint density at radius 3 is 2.87 bits per heavy atom. The fourth-order valence-corrected chi connectivity index (χ4v) is 2.26. The summed E-state index contributed by atoms with van der Waals surface area (Å²) in [6.07, 6.45) is 1.21. The van der Waals surface area contributed by atoms with Gasteiger partial charge in [0, 0.05) is 6.42 Å². The first-order valence-corrected chi connectivity index (χ1v) is 5.52. The van der Waals surface area contributed by atoms with Crippen LogP contribution in [0.15, 0.2) is 12.1 Å². The maximum Gasteiger partial charge on any atom is 0.355 e. The number of aromatic amines is 1. The van der Waals surface area contributed by atoms with E-state index in [1.165, 1.54) is 28.6 Å². The van der Waals surface area contributed by atoms with E-state index in [1.54, 1.807) is 0 Å². The van der Waals surface area contributed by atoms with E-state index in [-0.39, 0.29) is 0 Å². The summed E-state index contributed by atoms with van der Waals surface area (Å²) in [6, 6.07) is 4.51. The second-order valence-electron chi connectivity index (χ2n) is 4.36. The minimum absolute atomic E-state index is 1.07. The number of nitrogens with zero attached hydrogens (tertiary/aromatic N) is 1. The van der Waals surface area contributed by atoms with Gasteiger partial charge in [0.1, 0.15) is 11.0 Å². The van der Waals surface area contributed by atoms with Crippen LogP contribution in [0.4, 0.5) is 5.95 Å². The van der Waals surface area contributed by atoms with Gasteiger partial charge in [-0.25, -0.2) is 9.55 Å². The maximum absolute atomic E-state index is 3.44. The van der Waals surface area contributed by atoms with Crippen LogP contribution in [0.25, 0.3) is 11.0 Å². The number of aryl methyl sites for hydroxylation is 3. The van der Waals surface area contributed by atoms with Gasteiger partial charge in [0.2, 0.25) is 0 Å². The van der Waals surface area contributed by atoms with Crippen LogP contribution in [0.2, 0.25) is 0 Å². The lowest BCUT2D eigenvalue weighted by Crippen LogP contribution is -2.41. The largest absolute Gasteiger partial charge is 0.355 e. The second kappa shape index (κ2) is 2.99. The van der Waals surface area contributed by atoms with Gasteiger partial charge in [-0.3, -0.25) is 5.32 Å². The molecular weight excluding hydrogens is 186 g/mol. The Morgan fingerprint density at radius 1 is 1.20 bits per heavy atom. The third-order valence-corrected chi connectivity index (χ3v) is 3.28. The Morgan fingerprint density at radius 2 is 2.00 bits per heavy atom. The molecule has 0 amide bonds. The number of H-pyrrole nitrogens is 1. The first kappa shape index (κ1) is 8.77. The van der Waals surface area contributed by atoms with Crippen LogP contribution in [0.3, 0.4) is 0 Å². The highest BCUT2D eigenvalue weighted by Gasteiger charge is 2.20. The lowest BCUT2D eigenvalue weighted by molar-refractivity contribution is -0.660. The van der Waals surface area contributed by atoms with E-state index in [9.17, 15) is 0 Å². The normalized spacial score (nSPS) is 15.1. The average Bonchev–Trinajstić information content (AvgIpc) is 2.57. The van der Waals surface area contributed by atoms with Crippen LogP contribution < -0.4 is 9.88 Å². The molecule has 0 bridgehead atoms. The highest BCUT2D eigenvalue weighted by molar-refractivity contribution is 5.75. The van der Waals surface area contributed by atoms with Crippen molar-refractivity contribution >= 4 is 17.0 Å². The van der Waals surface area contributed by atoms with Gasteiger partial charge in [0.25, 0.3) is 0 Å². The van der Waals surface area contributed by atoms with Crippen molar-refractivity contribution in [3.8, 4) is 0 Å². The Bertz CT molecular complexity index is 525. The molecule has 0 radical (unpaired) electrons. The summed E-state index contributed by atoms with van der Waals surface area (Å²) in [5, 5.41) is 3.40. The molecule has 1 aliphatic rings. The van der Waals surface area contributed by atoms with E-state index >= 15 is 0 Å². The topological polar surface area (TPSA) is 31.7 Å². The molecule has 1 aromatic carbocycles. The Balaban J connectivity index is 2.33. The molecule has 2 aromatic rings. The van der Waals surface area contributed by atoms with Gasteiger partial charge in [-0.15, -0.1) is 0 Å². The van der Waals surface area contributed by atoms with Crippen molar-refractivity contribution in [2.75, 3.05) is 11.9 Å². The summed E-state index contributed by atoms with van der Waals surface area (Å²) >= 11 is 0. The third kappa shape index (κ3) is 1.23. The number of imidazole rings is 1. The molecule has 15 heavy (non-hydrogen) atoms. The van der Waals surface area contributed by atoms with Crippen LogP contribution in [-0.4, -0.2) is 11.5 Å². The van der Waals surface area contributed by atoms with E-state index in [0.29, 0.717) is 0 Å². The monoisotopic (exact) mass is 202 g/mol. The van der Waals surface area contributed by atoms with Crippen LogP contribution >= 0.6 is 0 Å². The highest BCUT2D eigenvalue weighted by atomic mass is 15.2. The number of hydrogen-bond acceptors (Lipinski definition) is 1. The van der Waals surface area contributed by atoms with Gasteiger partial charge < -0.3 is 0 Å². The Kier molecular flexibility index (Phi) is 1.75. The molecule has 0 fully saturated rings. The minimum atomic E-state index is 1.07. The van der Waals surface area contributed by atoms with E-state index in [0.717, 1.165) is 19.0 Å². The molecule has 1 aliphatic heterocycles. The average molecular weight is 202 g/mol. The zero-order valence-corrected chi connectivity index (χ0v) is 9.22. The predicted molar refractivity (Wildman–Crippen MR) is 61.1 cm³/mol. The molecule has 0 saturated heterocycles. The number of hydrogen-bond donors (Lipinski definition) is 2. The van der Waals surface area contributed by atoms with Gasteiger partial charge in [-0.1, -0.05) is 0 Å². The standard InChI is InChI=1S/C12H15N3/c1-8-6-10-11(7-9(8)2)15-5-3-4-13-12(15)14-10/h6-7H,3-5H2,1-2H3,(H,13,14)/p+1. The first-order valence-electron chi connectivity index (χ1n) is 5.52. The number of benzene rings is 1. The lowest BCUT2D eigenvalue weighted by Gasteiger charge is -2.09. The summed E-state index contributed by atoms with van der Waals surface area (Å²) in [5.41, 5.74) is 5.27. The predicted octanol–water partition coefficient (Wildman–Crippen LogP) is 1.89. The molecule has 1 aromatic heterocycles. The van der Waals surface area contributed by atoms with E-state index in [1.807, 2.05) is 0 Å². The maximum atomic E-state index is 3.44. The first-order chi connectivity index (χ1) is 7.25. The molecule has 0 spiro atoms. The quantitative estimate of drug-likeness (QED) is 0.628. The fourth-order valence-electron chi connectivity index (χ4n) is 2.26. The SMILES string of the molecule is Cc1cc2[nH]c3[n+](c2cc1C)CCCN3. The number of rotatable bonds is 0. The lowest BCUT2D eigenvalue weighted by atomic mass is 10.1. The Labute approximate surface area is 89.1 Å². The molecule has 3 nitrogen and oxygen atoms in total. The van der Waals surface area contributed by atoms with Crippen molar-refractivity contribution in [1.29, 1.82) is 0 Å². The van der Waals surface area contributed by atoms with Gasteiger partial charge in [0.05, 0.1) is 13.1 Å². The summed E-state index contributed by atoms with van der Waals surface area (Å²) < 4.78 is 2.34. The van der Waals surface area contributed by atoms with Crippen molar-refractivity contribution in [3.05, 3.63) is 23.3 Å². The van der Waals surface area contributed by atoms with E-state index < -0.39 is 0 Å². The van der Waals surface area contributed by atoms with Crippen LogP contribution in [0.1, 0.15) is 17.5 Å². The van der Waals surface area contributed by atoms with E-state index in [4.69, 9.17) is 0 Å². The highest BCUT2D eigenvalue weighted by Crippen LogP contribution is 2.19. The minimum Gasteiger partial charge on any atom is -0.277 e. The summed E-state index contributed by atoms with van der Waals surface area (Å²) in [7, 11) is 0. The molecule has 0 saturated carbocycles. The molecule has 78 valence electrons. The second-order valence-corrected chi connectivity index (χ2v) is 4.36. The summed E-state index contributed by atoms with van der Waals surface area (Å²) in [4.78, 5) is 3.44. The van der Waals surface area contributed by atoms with Gasteiger partial charge >= 0.3 is 5.95 Å². The van der Waals surface area contributed by atoms with Crippen molar-refractivity contribution in [2.45, 2.75) is 26.8 Å². The zero-order valence-electron chi connectivity index (χ0n) is 9.22. The number of fused-ring (bicyclic) bond motifs is 3. The Hall–Kier alpha value is -1.51. The van der Waals surface area contributed by atoms with Crippen molar-refractivity contribution in [2.24, 2.45) is 0 Å². The van der Waals surface area contributed by atoms with Crippen molar-refractivity contribution in [3.63, 3.8) is 0 Å². The van der Waals surface area contributed by atoms with Crippen LogP contribution in [-0.2, 0) is 6.54 Å². The molecule has 3 heteroatoms. The van der Waals surface area contributed by atoms with Crippen molar-refractivity contribution in [1.82, 2.24) is 4.98 Å². The van der Waals surface area contributed by atoms with Crippen LogP contribution in [0.5, 0.6) is 0 Å². The van der Waals surface area contributed by atoms with E-state index in [2.05, 4.69) is 40.8 Å². The molecule has 2 N–H and O–H groups in total. The zero-order chi connectivity index (χ0) is 10.4. The van der Waals surface area contributed by atoms with Gasteiger partial charge in [0.15, 0.2) is 0 Å². The summed E-state index contributed by atoms with van der Waals surface area (Å²) in [6.45, 7) is 6.52. The van der Waals surface area contributed by atoms with Crippen molar-refractivity contribution < 1.29 is 4.57 Å². The molecular formula is C12H16N3+. The van der Waals surface area contributed by atoms with Crippen LogP contribution in [0, 0.1) is 13.8 Å². The molecule has 0 unspecified atom stereocenters. The number of nitrogens with one attached hydrogen (secondary N) is 2. The number of aromatic nitrogens is 2.